The Morgan fingerprint density at radius 3 is 1.52 bits per heavy atom. The number of ether oxygens (including phenoxy) is 2. The smallest absolute Gasteiger partial charge is 0.217 e. The molecule has 4 atom stereocenters. The van der Waals surface area contributed by atoms with E-state index in [1.54, 1.807) is 0 Å². The summed E-state index contributed by atoms with van der Waals surface area (Å²) in [6.07, 6.45) is 1.54. The summed E-state index contributed by atoms with van der Waals surface area (Å²) in [6, 6.07) is 0. The van der Waals surface area contributed by atoms with E-state index in [0.717, 1.165) is 0 Å². The SMILES string of the molecule is COC1(OC)[C@@]2(Cl)C(Cl)=C(Cl)[C@]1(Cl)[C@H](CC=O)[C@H]2CC=O. The molecule has 0 aromatic heterocycles. The second-order valence-electron chi connectivity index (χ2n) is 5.09. The van der Waals surface area contributed by atoms with Crippen LogP contribution in [-0.2, 0) is 19.1 Å². The molecule has 118 valence electrons. The van der Waals surface area contributed by atoms with E-state index in [1.165, 1.54) is 14.2 Å². The molecule has 0 N–H and O–H groups in total. The van der Waals surface area contributed by atoms with Crippen molar-refractivity contribution in [1.82, 2.24) is 0 Å². The predicted octanol–water partition coefficient (Wildman–Crippen LogP) is 3.06. The highest BCUT2D eigenvalue weighted by atomic mass is 35.5. The van der Waals surface area contributed by atoms with Crippen LogP contribution in [0.2, 0.25) is 0 Å². The summed E-state index contributed by atoms with van der Waals surface area (Å²) >= 11 is 26.1. The van der Waals surface area contributed by atoms with Gasteiger partial charge in [0.25, 0.3) is 0 Å². The van der Waals surface area contributed by atoms with Gasteiger partial charge in [-0.15, -0.1) is 23.2 Å². The Morgan fingerprint density at radius 1 is 0.952 bits per heavy atom. The van der Waals surface area contributed by atoms with E-state index in [2.05, 4.69) is 0 Å². The van der Waals surface area contributed by atoms with Crippen molar-refractivity contribution < 1.29 is 19.1 Å². The molecule has 0 aromatic rings. The molecule has 0 saturated heterocycles. The van der Waals surface area contributed by atoms with Crippen molar-refractivity contribution in [3.05, 3.63) is 10.1 Å². The van der Waals surface area contributed by atoms with Crippen LogP contribution in [0.4, 0.5) is 0 Å². The highest BCUT2D eigenvalue weighted by molar-refractivity contribution is 6.52. The first-order valence-electron chi connectivity index (χ1n) is 6.25. The zero-order valence-electron chi connectivity index (χ0n) is 11.4. The van der Waals surface area contributed by atoms with Gasteiger partial charge in [-0.25, -0.2) is 0 Å². The molecule has 4 nitrogen and oxygen atoms in total. The number of alkyl halides is 2. The molecule has 21 heavy (non-hydrogen) atoms. The maximum Gasteiger partial charge on any atom is 0.217 e. The van der Waals surface area contributed by atoms with Gasteiger partial charge in [-0.05, 0) is 0 Å². The number of halogens is 4. The number of fused-ring (bicyclic) bond motifs is 2. The molecule has 0 aliphatic heterocycles. The Labute approximate surface area is 142 Å². The Kier molecular flexibility index (Phi) is 4.72. The quantitative estimate of drug-likeness (QED) is 0.406. The van der Waals surface area contributed by atoms with Crippen LogP contribution in [0.1, 0.15) is 12.8 Å². The van der Waals surface area contributed by atoms with Crippen molar-refractivity contribution in [2.75, 3.05) is 14.2 Å². The fourth-order valence-corrected chi connectivity index (χ4v) is 6.03. The van der Waals surface area contributed by atoms with Gasteiger partial charge in [-0.2, -0.15) is 0 Å². The van der Waals surface area contributed by atoms with Crippen molar-refractivity contribution in [2.45, 2.75) is 28.4 Å². The van der Waals surface area contributed by atoms with Gasteiger partial charge in [0.2, 0.25) is 5.79 Å². The zero-order chi connectivity index (χ0) is 16.1. The van der Waals surface area contributed by atoms with Gasteiger partial charge < -0.3 is 19.1 Å². The fraction of sp³-hybridized carbons (Fsp3) is 0.692. The Balaban J connectivity index is 2.75. The Bertz CT molecular complexity index is 464. The molecule has 8 heteroatoms. The van der Waals surface area contributed by atoms with Crippen LogP contribution in [0.3, 0.4) is 0 Å². The number of carbonyl (C=O) groups excluding carboxylic acids is 2. The lowest BCUT2D eigenvalue weighted by Gasteiger charge is -2.41. The van der Waals surface area contributed by atoms with E-state index in [4.69, 9.17) is 55.9 Å². The topological polar surface area (TPSA) is 52.6 Å². The summed E-state index contributed by atoms with van der Waals surface area (Å²) in [6.45, 7) is 0. The van der Waals surface area contributed by atoms with E-state index >= 15 is 0 Å². The molecule has 2 aliphatic rings. The first-order valence-corrected chi connectivity index (χ1v) is 7.76. The average Bonchev–Trinajstić information content (AvgIpc) is 2.71. The summed E-state index contributed by atoms with van der Waals surface area (Å²) in [5, 5.41) is 0.192. The van der Waals surface area contributed by atoms with Gasteiger partial charge in [0.1, 0.15) is 22.3 Å². The van der Waals surface area contributed by atoms with Crippen LogP contribution in [-0.4, -0.2) is 42.3 Å². The van der Waals surface area contributed by atoms with E-state index in [1.807, 2.05) is 0 Å². The molecule has 0 radical (unpaired) electrons. The molecule has 2 bridgehead atoms. The molecule has 2 aliphatic carbocycles. The minimum Gasteiger partial charge on any atom is -0.350 e. The molecule has 0 unspecified atom stereocenters. The average molecular weight is 376 g/mol. The van der Waals surface area contributed by atoms with Crippen LogP contribution < -0.4 is 0 Å². The van der Waals surface area contributed by atoms with Crippen LogP contribution in [0, 0.1) is 11.8 Å². The number of hydrogen-bond acceptors (Lipinski definition) is 4. The van der Waals surface area contributed by atoms with Gasteiger partial charge in [-0.1, -0.05) is 23.2 Å². The second kappa shape index (κ2) is 5.66. The monoisotopic (exact) mass is 374 g/mol. The third kappa shape index (κ3) is 1.72. The van der Waals surface area contributed by atoms with Crippen LogP contribution in [0.15, 0.2) is 10.1 Å². The lowest BCUT2D eigenvalue weighted by Crippen LogP contribution is -2.57. The normalized spacial score (nSPS) is 40.7. The highest BCUT2D eigenvalue weighted by Crippen LogP contribution is 2.74. The number of hydrogen-bond donors (Lipinski definition) is 0. The summed E-state index contributed by atoms with van der Waals surface area (Å²) < 4.78 is 11.0. The molecule has 0 amide bonds. The first kappa shape index (κ1) is 17.5. The minimum absolute atomic E-state index is 0.0608. The predicted molar refractivity (Wildman–Crippen MR) is 81.0 cm³/mol. The van der Waals surface area contributed by atoms with E-state index in [-0.39, 0.29) is 22.9 Å². The maximum absolute atomic E-state index is 11.0. The molecule has 0 heterocycles. The molecular formula is C13H14Cl4O4. The Hall–Kier alpha value is 0.160. The maximum atomic E-state index is 11.0. The van der Waals surface area contributed by atoms with Gasteiger partial charge in [-0.3, -0.25) is 0 Å². The highest BCUT2D eigenvalue weighted by Gasteiger charge is 2.84. The van der Waals surface area contributed by atoms with Crippen molar-refractivity contribution in [3.63, 3.8) is 0 Å². The third-order valence-corrected chi connectivity index (χ3v) is 7.27. The van der Waals surface area contributed by atoms with Crippen molar-refractivity contribution in [1.29, 1.82) is 0 Å². The van der Waals surface area contributed by atoms with Gasteiger partial charge in [0, 0.05) is 38.9 Å². The van der Waals surface area contributed by atoms with E-state index < -0.39 is 27.4 Å². The number of aldehydes is 2. The number of carbonyl (C=O) groups is 2. The standard InChI is InChI=1S/C13H14Cl4O4/c1-20-13(21-2)11(16)7(3-5-18)8(4-6-19)12(13,17)10(15)9(11)14/h5-8H,3-4H2,1-2H3/t7-,8-,11-,12+/m1/s1. The van der Waals surface area contributed by atoms with E-state index in [0.29, 0.717) is 12.6 Å². The molecule has 0 aromatic carbocycles. The first-order chi connectivity index (χ1) is 9.83. The van der Waals surface area contributed by atoms with Gasteiger partial charge in [0.05, 0.1) is 10.1 Å². The number of rotatable bonds is 6. The molecule has 2 rings (SSSR count). The molecule has 0 spiro atoms. The summed E-state index contributed by atoms with van der Waals surface area (Å²) in [4.78, 5) is 19.2. The Morgan fingerprint density at radius 2 is 1.29 bits per heavy atom. The third-order valence-electron chi connectivity index (χ3n) is 4.57. The van der Waals surface area contributed by atoms with Crippen LogP contribution in [0.5, 0.6) is 0 Å². The summed E-state index contributed by atoms with van der Waals surface area (Å²) in [7, 11) is 2.75. The molecular weight excluding hydrogens is 362 g/mol. The lowest BCUT2D eigenvalue weighted by molar-refractivity contribution is -0.220. The molecule has 1 saturated carbocycles. The van der Waals surface area contributed by atoms with Crippen LogP contribution in [0.25, 0.3) is 0 Å². The van der Waals surface area contributed by atoms with Crippen molar-refractivity contribution >= 4 is 59.0 Å². The fourth-order valence-electron chi connectivity index (χ4n) is 3.78. The lowest BCUT2D eigenvalue weighted by atomic mass is 9.78. The largest absolute Gasteiger partial charge is 0.350 e. The summed E-state index contributed by atoms with van der Waals surface area (Å²) in [5.74, 6) is -2.62. The summed E-state index contributed by atoms with van der Waals surface area (Å²) in [5.41, 5.74) is 0. The molecule has 1 fully saturated rings. The van der Waals surface area contributed by atoms with Crippen molar-refractivity contribution in [3.8, 4) is 0 Å². The second-order valence-corrected chi connectivity index (χ2v) is 7.04. The minimum atomic E-state index is -1.56. The number of methoxy groups -OCH3 is 2. The van der Waals surface area contributed by atoms with E-state index in [9.17, 15) is 9.59 Å². The zero-order valence-corrected chi connectivity index (χ0v) is 14.4. The van der Waals surface area contributed by atoms with Crippen molar-refractivity contribution in [2.24, 2.45) is 11.8 Å². The van der Waals surface area contributed by atoms with Gasteiger partial charge >= 0.3 is 0 Å². The van der Waals surface area contributed by atoms with Gasteiger partial charge in [0.15, 0.2) is 0 Å². The van der Waals surface area contributed by atoms with Crippen LogP contribution >= 0.6 is 46.4 Å².